The highest BCUT2D eigenvalue weighted by molar-refractivity contribution is 5.91. The Bertz CT molecular complexity index is 667. The molecule has 0 fully saturated rings. The van der Waals surface area contributed by atoms with Gasteiger partial charge < -0.3 is 14.4 Å². The second-order valence-corrected chi connectivity index (χ2v) is 4.57. The second-order valence-electron chi connectivity index (χ2n) is 4.57. The molecule has 0 unspecified atom stereocenters. The van der Waals surface area contributed by atoms with Gasteiger partial charge in [-0.05, 0) is 23.8 Å². The Morgan fingerprint density at radius 3 is 3.10 bits per heavy atom. The Balaban J connectivity index is 1.63. The number of amides is 1. The Morgan fingerprint density at radius 1 is 1.43 bits per heavy atom. The lowest BCUT2D eigenvalue weighted by atomic mass is 10.2. The van der Waals surface area contributed by atoms with E-state index in [1.165, 1.54) is 12.4 Å². The maximum atomic E-state index is 12.0. The van der Waals surface area contributed by atoms with Crippen molar-refractivity contribution < 1.29 is 14.3 Å². The van der Waals surface area contributed by atoms with Gasteiger partial charge in [-0.3, -0.25) is 9.89 Å². The Labute approximate surface area is 121 Å². The largest absolute Gasteiger partial charge is 0.454 e. The zero-order valence-corrected chi connectivity index (χ0v) is 11.4. The number of nitrogens with one attached hydrogen (secondary N) is 1. The number of aromatic nitrogens is 3. The molecule has 0 saturated carbocycles. The number of benzene rings is 1. The fraction of sp³-hybridized carbons (Fsp3) is 0.214. The number of likely N-dealkylation sites (N-methyl/N-ethyl adjacent to an activating group) is 1. The SMILES string of the molecule is CN(Cc1ncn[nH]1)C(=O)C=Cc1ccc2c(c1)OCO2. The van der Waals surface area contributed by atoms with Crippen LogP contribution in [0.1, 0.15) is 11.4 Å². The molecule has 21 heavy (non-hydrogen) atoms. The van der Waals surface area contributed by atoms with Crippen molar-refractivity contribution in [2.75, 3.05) is 13.8 Å². The molecule has 1 aromatic carbocycles. The van der Waals surface area contributed by atoms with Crippen molar-refractivity contribution in [2.45, 2.75) is 6.54 Å². The number of aromatic amines is 1. The van der Waals surface area contributed by atoms with E-state index < -0.39 is 0 Å². The van der Waals surface area contributed by atoms with Crippen molar-refractivity contribution in [3.8, 4) is 11.5 Å². The van der Waals surface area contributed by atoms with Gasteiger partial charge in [-0.1, -0.05) is 6.07 Å². The number of H-pyrrole nitrogens is 1. The Morgan fingerprint density at radius 2 is 2.29 bits per heavy atom. The molecule has 1 N–H and O–H groups in total. The van der Waals surface area contributed by atoms with Gasteiger partial charge in [-0.25, -0.2) is 4.98 Å². The van der Waals surface area contributed by atoms with E-state index in [0.717, 1.165) is 11.3 Å². The number of ether oxygens (including phenoxy) is 2. The fourth-order valence-corrected chi connectivity index (χ4v) is 1.92. The first kappa shape index (κ1) is 13.2. The van der Waals surface area contributed by atoms with Gasteiger partial charge in [0, 0.05) is 13.1 Å². The van der Waals surface area contributed by atoms with Gasteiger partial charge >= 0.3 is 0 Å². The predicted octanol–water partition coefficient (Wildman–Crippen LogP) is 1.21. The molecule has 1 aromatic heterocycles. The van der Waals surface area contributed by atoms with E-state index in [9.17, 15) is 4.79 Å². The first-order chi connectivity index (χ1) is 10.2. The maximum absolute atomic E-state index is 12.0. The van der Waals surface area contributed by atoms with Gasteiger partial charge in [0.05, 0.1) is 6.54 Å². The summed E-state index contributed by atoms with van der Waals surface area (Å²) < 4.78 is 10.5. The van der Waals surface area contributed by atoms with Crippen LogP contribution in [0.3, 0.4) is 0 Å². The summed E-state index contributed by atoms with van der Waals surface area (Å²) in [7, 11) is 1.70. The van der Waals surface area contributed by atoms with E-state index in [2.05, 4.69) is 15.2 Å². The molecule has 108 valence electrons. The third kappa shape index (κ3) is 3.02. The zero-order valence-electron chi connectivity index (χ0n) is 11.4. The first-order valence-electron chi connectivity index (χ1n) is 6.39. The number of hydrogen-bond donors (Lipinski definition) is 1. The summed E-state index contributed by atoms with van der Waals surface area (Å²) in [5.41, 5.74) is 0.876. The number of carbonyl (C=O) groups excluding carboxylic acids is 1. The summed E-state index contributed by atoms with van der Waals surface area (Å²) in [6, 6.07) is 5.53. The van der Waals surface area contributed by atoms with E-state index in [4.69, 9.17) is 9.47 Å². The zero-order chi connectivity index (χ0) is 14.7. The normalized spacial score (nSPS) is 12.8. The summed E-state index contributed by atoms with van der Waals surface area (Å²) in [5.74, 6) is 1.94. The van der Waals surface area contributed by atoms with E-state index in [-0.39, 0.29) is 12.7 Å². The molecule has 0 atom stereocenters. The minimum atomic E-state index is -0.121. The van der Waals surface area contributed by atoms with Crippen LogP contribution < -0.4 is 9.47 Å². The molecule has 1 aliphatic heterocycles. The van der Waals surface area contributed by atoms with E-state index in [1.807, 2.05) is 18.2 Å². The van der Waals surface area contributed by atoms with Gasteiger partial charge in [-0.15, -0.1) is 0 Å². The predicted molar refractivity (Wildman–Crippen MR) is 74.5 cm³/mol. The van der Waals surface area contributed by atoms with Gasteiger partial charge in [0.15, 0.2) is 11.5 Å². The Hall–Kier alpha value is -2.83. The lowest BCUT2D eigenvalue weighted by Gasteiger charge is -2.12. The molecule has 0 radical (unpaired) electrons. The average Bonchev–Trinajstić information content (AvgIpc) is 3.14. The van der Waals surface area contributed by atoms with Crippen molar-refractivity contribution in [2.24, 2.45) is 0 Å². The van der Waals surface area contributed by atoms with Crippen LogP contribution in [0, 0.1) is 0 Å². The third-order valence-electron chi connectivity index (χ3n) is 3.04. The number of nitrogens with zero attached hydrogens (tertiary/aromatic N) is 3. The van der Waals surface area contributed by atoms with Crippen molar-refractivity contribution in [1.82, 2.24) is 20.1 Å². The molecule has 3 rings (SSSR count). The average molecular weight is 286 g/mol. The van der Waals surface area contributed by atoms with Crippen molar-refractivity contribution in [3.63, 3.8) is 0 Å². The standard InChI is InChI=1S/C14H14N4O3/c1-18(7-13-15-8-16-17-13)14(19)5-3-10-2-4-11-12(6-10)21-9-20-11/h2-6,8H,7,9H2,1H3,(H,15,16,17). The van der Waals surface area contributed by atoms with Gasteiger partial charge in [0.2, 0.25) is 12.7 Å². The lowest BCUT2D eigenvalue weighted by Crippen LogP contribution is -2.24. The van der Waals surface area contributed by atoms with E-state index >= 15 is 0 Å². The summed E-state index contributed by atoms with van der Waals surface area (Å²) in [6.45, 7) is 0.617. The molecule has 1 amide bonds. The summed E-state index contributed by atoms with van der Waals surface area (Å²) in [5, 5.41) is 6.46. The van der Waals surface area contributed by atoms with Crippen LogP contribution in [0.25, 0.3) is 6.08 Å². The van der Waals surface area contributed by atoms with Crippen molar-refractivity contribution in [3.05, 3.63) is 42.0 Å². The molecule has 0 spiro atoms. The maximum Gasteiger partial charge on any atom is 0.246 e. The summed E-state index contributed by atoms with van der Waals surface area (Å²) in [6.07, 6.45) is 4.66. The molecule has 0 bridgehead atoms. The molecule has 1 aliphatic rings. The molecule has 0 saturated heterocycles. The number of fused-ring (bicyclic) bond motifs is 1. The summed E-state index contributed by atoms with van der Waals surface area (Å²) in [4.78, 5) is 17.5. The Kier molecular flexibility index (Phi) is 3.55. The van der Waals surface area contributed by atoms with Gasteiger partial charge in [-0.2, -0.15) is 5.10 Å². The second kappa shape index (κ2) is 5.66. The molecule has 7 nitrogen and oxygen atoms in total. The van der Waals surface area contributed by atoms with E-state index in [1.54, 1.807) is 18.0 Å². The van der Waals surface area contributed by atoms with Crippen molar-refractivity contribution in [1.29, 1.82) is 0 Å². The fourth-order valence-electron chi connectivity index (χ4n) is 1.92. The van der Waals surface area contributed by atoms with Crippen molar-refractivity contribution >= 4 is 12.0 Å². The van der Waals surface area contributed by atoms with Crippen LogP contribution in [0.4, 0.5) is 0 Å². The highest BCUT2D eigenvalue weighted by Gasteiger charge is 2.12. The quantitative estimate of drug-likeness (QED) is 0.854. The number of rotatable bonds is 4. The first-order valence-corrected chi connectivity index (χ1v) is 6.39. The third-order valence-corrected chi connectivity index (χ3v) is 3.04. The van der Waals surface area contributed by atoms with Crippen LogP contribution in [-0.4, -0.2) is 39.8 Å². The van der Waals surface area contributed by atoms with Crippen LogP contribution in [0.15, 0.2) is 30.6 Å². The molecule has 2 heterocycles. The highest BCUT2D eigenvalue weighted by Crippen LogP contribution is 2.32. The lowest BCUT2D eigenvalue weighted by molar-refractivity contribution is -0.125. The summed E-state index contributed by atoms with van der Waals surface area (Å²) >= 11 is 0. The number of carbonyl (C=O) groups is 1. The molecule has 2 aromatic rings. The minimum absolute atomic E-state index is 0.121. The smallest absolute Gasteiger partial charge is 0.246 e. The van der Waals surface area contributed by atoms with Crippen LogP contribution in [0.2, 0.25) is 0 Å². The highest BCUT2D eigenvalue weighted by atomic mass is 16.7. The van der Waals surface area contributed by atoms with Gasteiger partial charge in [0.25, 0.3) is 0 Å². The van der Waals surface area contributed by atoms with Gasteiger partial charge in [0.1, 0.15) is 12.2 Å². The molecular weight excluding hydrogens is 272 g/mol. The topological polar surface area (TPSA) is 80.3 Å². The number of hydrogen-bond acceptors (Lipinski definition) is 5. The van der Waals surface area contributed by atoms with Crippen LogP contribution >= 0.6 is 0 Å². The van der Waals surface area contributed by atoms with Crippen LogP contribution in [0.5, 0.6) is 11.5 Å². The van der Waals surface area contributed by atoms with E-state index in [0.29, 0.717) is 18.1 Å². The molecule has 0 aliphatic carbocycles. The monoisotopic (exact) mass is 286 g/mol. The minimum Gasteiger partial charge on any atom is -0.454 e. The molecular formula is C14H14N4O3. The molecule has 7 heteroatoms. The van der Waals surface area contributed by atoms with Crippen LogP contribution in [-0.2, 0) is 11.3 Å².